The van der Waals surface area contributed by atoms with Gasteiger partial charge in [-0.05, 0) is 28.3 Å². The SMILES string of the molecule is COc1cc(C2C=C(C(F)(F)F)CC(=O)C2C)c(F)cc1OCc1nncn1C(c1ccccc1)(c1ccccc1)c1ccccc1. The molecule has 1 aromatic heterocycles. The van der Waals surface area contributed by atoms with Gasteiger partial charge in [0.05, 0.1) is 7.11 Å². The molecule has 6 nitrogen and oxygen atoms in total. The molecule has 0 amide bonds. The minimum Gasteiger partial charge on any atom is -0.493 e. The molecule has 0 spiro atoms. The number of alkyl halides is 3. The van der Waals surface area contributed by atoms with Crippen LogP contribution in [-0.4, -0.2) is 33.8 Å². The van der Waals surface area contributed by atoms with Crippen LogP contribution in [0, 0.1) is 11.7 Å². The highest BCUT2D eigenvalue weighted by Crippen LogP contribution is 2.44. The fraction of sp³-hybridized carbons (Fsp3) is 0.216. The predicted octanol–water partition coefficient (Wildman–Crippen LogP) is 8.03. The molecule has 0 radical (unpaired) electrons. The summed E-state index contributed by atoms with van der Waals surface area (Å²) in [4.78, 5) is 12.5. The molecule has 0 N–H and O–H groups in total. The Labute approximate surface area is 269 Å². The van der Waals surface area contributed by atoms with Gasteiger partial charge in [-0.2, -0.15) is 13.2 Å². The number of carbonyl (C=O) groups excluding carboxylic acids is 1. The number of ketones is 1. The molecule has 1 aliphatic carbocycles. The number of benzene rings is 4. The fourth-order valence-corrected chi connectivity index (χ4v) is 6.34. The van der Waals surface area contributed by atoms with Crippen LogP contribution in [0.2, 0.25) is 0 Å². The van der Waals surface area contributed by atoms with Gasteiger partial charge in [-0.15, -0.1) is 10.2 Å². The fourth-order valence-electron chi connectivity index (χ4n) is 6.34. The Bertz CT molecular complexity index is 1790. The van der Waals surface area contributed by atoms with E-state index in [9.17, 15) is 18.0 Å². The zero-order valence-corrected chi connectivity index (χ0v) is 25.6. The molecule has 0 aliphatic heterocycles. The maximum absolute atomic E-state index is 15.7. The first-order valence-electron chi connectivity index (χ1n) is 15.0. The van der Waals surface area contributed by atoms with E-state index in [0.717, 1.165) is 28.8 Å². The molecular weight excluding hydrogens is 610 g/mol. The van der Waals surface area contributed by atoms with Gasteiger partial charge in [0.2, 0.25) is 0 Å². The first-order chi connectivity index (χ1) is 22.6. The average molecular weight is 642 g/mol. The summed E-state index contributed by atoms with van der Waals surface area (Å²) in [5.74, 6) is -2.88. The second kappa shape index (κ2) is 12.9. The number of aromatic nitrogens is 3. The third-order valence-corrected chi connectivity index (χ3v) is 8.71. The van der Waals surface area contributed by atoms with Gasteiger partial charge in [0.1, 0.15) is 30.1 Å². The molecule has 10 heteroatoms. The summed E-state index contributed by atoms with van der Waals surface area (Å²) in [5, 5.41) is 8.65. The number of halogens is 4. The molecule has 0 fully saturated rings. The summed E-state index contributed by atoms with van der Waals surface area (Å²) >= 11 is 0. The van der Waals surface area contributed by atoms with Gasteiger partial charge in [0.15, 0.2) is 17.3 Å². The van der Waals surface area contributed by atoms with Crippen molar-refractivity contribution in [2.75, 3.05) is 7.11 Å². The monoisotopic (exact) mass is 641 g/mol. The minimum atomic E-state index is -4.69. The van der Waals surface area contributed by atoms with Crippen molar-refractivity contribution in [1.82, 2.24) is 14.8 Å². The zero-order valence-electron chi connectivity index (χ0n) is 25.6. The lowest BCUT2D eigenvalue weighted by Gasteiger charge is -2.38. The van der Waals surface area contributed by atoms with E-state index in [0.29, 0.717) is 5.82 Å². The van der Waals surface area contributed by atoms with E-state index < -0.39 is 47.1 Å². The third-order valence-electron chi connectivity index (χ3n) is 8.71. The maximum atomic E-state index is 15.7. The highest BCUT2D eigenvalue weighted by molar-refractivity contribution is 5.86. The van der Waals surface area contributed by atoms with Crippen molar-refractivity contribution in [2.45, 2.75) is 37.6 Å². The highest BCUT2D eigenvalue weighted by atomic mass is 19.4. The van der Waals surface area contributed by atoms with Gasteiger partial charge in [-0.1, -0.05) is 104 Å². The molecule has 2 unspecified atom stereocenters. The van der Waals surface area contributed by atoms with Crippen LogP contribution >= 0.6 is 0 Å². The van der Waals surface area contributed by atoms with E-state index >= 15 is 4.39 Å². The Kier molecular flexibility index (Phi) is 8.68. The van der Waals surface area contributed by atoms with Crippen LogP contribution in [0.3, 0.4) is 0 Å². The summed E-state index contributed by atoms with van der Waals surface area (Å²) in [7, 11) is 1.35. The first kappa shape index (κ1) is 31.7. The molecule has 0 saturated heterocycles. The number of ether oxygens (including phenoxy) is 2. The number of hydrogen-bond acceptors (Lipinski definition) is 5. The van der Waals surface area contributed by atoms with Crippen molar-refractivity contribution in [3.8, 4) is 11.5 Å². The van der Waals surface area contributed by atoms with Gasteiger partial charge in [0, 0.05) is 29.9 Å². The second-order valence-corrected chi connectivity index (χ2v) is 11.4. The third kappa shape index (κ3) is 5.91. The molecule has 1 aliphatic rings. The van der Waals surface area contributed by atoms with Gasteiger partial charge >= 0.3 is 6.18 Å². The van der Waals surface area contributed by atoms with Crippen molar-refractivity contribution >= 4 is 5.78 Å². The summed E-state index contributed by atoms with van der Waals surface area (Å²) < 4.78 is 69.9. The molecule has 5 aromatic rings. The number of carbonyl (C=O) groups is 1. The number of nitrogens with zero attached hydrogens (tertiary/aromatic N) is 3. The predicted molar refractivity (Wildman–Crippen MR) is 168 cm³/mol. The number of hydrogen-bond donors (Lipinski definition) is 0. The smallest absolute Gasteiger partial charge is 0.412 e. The molecule has 1 heterocycles. The van der Waals surface area contributed by atoms with Gasteiger partial charge in [-0.25, -0.2) is 4.39 Å². The number of Topliss-reactive ketones (excluding diaryl/α,β-unsaturated/α-hetero) is 1. The van der Waals surface area contributed by atoms with Crippen LogP contribution in [0.1, 0.15) is 47.3 Å². The lowest BCUT2D eigenvalue weighted by atomic mass is 9.76. The topological polar surface area (TPSA) is 66.2 Å². The van der Waals surface area contributed by atoms with E-state index in [1.54, 1.807) is 6.33 Å². The molecule has 4 aromatic carbocycles. The van der Waals surface area contributed by atoms with Crippen molar-refractivity contribution in [1.29, 1.82) is 0 Å². The largest absolute Gasteiger partial charge is 0.493 e. The normalized spacial score (nSPS) is 16.9. The van der Waals surface area contributed by atoms with Crippen molar-refractivity contribution in [3.63, 3.8) is 0 Å². The lowest BCUT2D eigenvalue weighted by molar-refractivity contribution is -0.127. The Balaban J connectivity index is 1.41. The van der Waals surface area contributed by atoms with E-state index in [1.165, 1.54) is 20.1 Å². The van der Waals surface area contributed by atoms with Gasteiger partial charge < -0.3 is 9.47 Å². The second-order valence-electron chi connectivity index (χ2n) is 11.4. The lowest BCUT2D eigenvalue weighted by Crippen LogP contribution is -2.38. The Morgan fingerprint density at radius 2 is 1.40 bits per heavy atom. The molecule has 6 rings (SSSR count). The summed E-state index contributed by atoms with van der Waals surface area (Å²) in [6.07, 6.45) is -2.87. The van der Waals surface area contributed by atoms with Crippen molar-refractivity contribution < 1.29 is 31.8 Å². The summed E-state index contributed by atoms with van der Waals surface area (Å²) in [5.41, 5.74) is 0.826. The molecule has 0 bridgehead atoms. The number of allylic oxidation sites excluding steroid dienone is 2. The standard InChI is InChI=1S/C37H31F4N3O3/c1-24-29(18-28(19-32(24)45)37(39,40)41)30-20-33(46-2)34(21-31(30)38)47-22-35-43-42-23-44(35)36(25-12-6-3-7-13-25,26-14-8-4-9-15-26)27-16-10-5-11-17-27/h3-18,20-21,23-24,29H,19,22H2,1-2H3. The quantitative estimate of drug-likeness (QED) is 0.0927. The number of rotatable bonds is 9. The molecule has 0 saturated carbocycles. The van der Waals surface area contributed by atoms with E-state index in [2.05, 4.69) is 10.2 Å². The van der Waals surface area contributed by atoms with Crippen LogP contribution in [0.5, 0.6) is 11.5 Å². The molecule has 240 valence electrons. The molecule has 2 atom stereocenters. The van der Waals surface area contributed by atoms with Crippen LogP contribution < -0.4 is 9.47 Å². The highest BCUT2D eigenvalue weighted by Gasteiger charge is 2.42. The first-order valence-corrected chi connectivity index (χ1v) is 15.0. The molecular formula is C37H31F4N3O3. The van der Waals surface area contributed by atoms with Crippen molar-refractivity contribution in [3.05, 3.63) is 155 Å². The van der Waals surface area contributed by atoms with Crippen LogP contribution in [0.4, 0.5) is 17.6 Å². The minimum absolute atomic E-state index is 0.0165. The van der Waals surface area contributed by atoms with Crippen LogP contribution in [0.25, 0.3) is 0 Å². The van der Waals surface area contributed by atoms with E-state index in [-0.39, 0.29) is 23.7 Å². The van der Waals surface area contributed by atoms with E-state index in [1.807, 2.05) is 95.6 Å². The number of methoxy groups -OCH3 is 1. The van der Waals surface area contributed by atoms with E-state index in [4.69, 9.17) is 9.47 Å². The zero-order chi connectivity index (χ0) is 33.2. The molecule has 47 heavy (non-hydrogen) atoms. The average Bonchev–Trinajstić information content (AvgIpc) is 3.55. The maximum Gasteiger partial charge on any atom is 0.412 e. The Morgan fingerprint density at radius 3 is 1.91 bits per heavy atom. The van der Waals surface area contributed by atoms with Crippen LogP contribution in [-0.2, 0) is 16.9 Å². The Hall–Kier alpha value is -5.25. The summed E-state index contributed by atoms with van der Waals surface area (Å²) in [6, 6.07) is 32.1. The Morgan fingerprint density at radius 1 is 0.851 bits per heavy atom. The van der Waals surface area contributed by atoms with Gasteiger partial charge in [0.25, 0.3) is 0 Å². The van der Waals surface area contributed by atoms with Crippen molar-refractivity contribution in [2.24, 2.45) is 5.92 Å². The van der Waals surface area contributed by atoms with Crippen LogP contribution in [0.15, 0.2) is 121 Å². The van der Waals surface area contributed by atoms with Gasteiger partial charge in [-0.3, -0.25) is 9.36 Å². The summed E-state index contributed by atoms with van der Waals surface area (Å²) in [6.45, 7) is 1.35.